The van der Waals surface area contributed by atoms with Gasteiger partial charge < -0.3 is 10.5 Å². The fraction of sp³-hybridized carbons (Fsp3) is 0.312. The third kappa shape index (κ3) is 2.55. The smallest absolute Gasteiger partial charge is 0.165 e. The number of rotatable bonds is 2. The minimum Gasteiger partial charge on any atom is -0.345 e. The lowest BCUT2D eigenvalue weighted by Gasteiger charge is -2.30. The highest BCUT2D eigenvalue weighted by atomic mass is 79.9. The van der Waals surface area contributed by atoms with Crippen LogP contribution in [-0.4, -0.2) is 11.0 Å². The van der Waals surface area contributed by atoms with Crippen LogP contribution in [-0.2, 0) is 10.3 Å². The molecule has 1 aliphatic heterocycles. The molecule has 116 valence electrons. The predicted octanol–water partition coefficient (Wildman–Crippen LogP) is 2.91. The molecule has 0 aliphatic carbocycles. The molecule has 2 N–H and O–H groups in total. The number of nitrogens with zero attached hydrogens (tertiary/aromatic N) is 3. The zero-order chi connectivity index (χ0) is 17.3. The Labute approximate surface area is 148 Å². The van der Waals surface area contributed by atoms with E-state index in [0.29, 0.717) is 12.0 Å². The molecule has 0 aromatic heterocycles. The maximum atomic E-state index is 9.58. The number of benzene rings is 1. The first kappa shape index (κ1) is 17.5. The number of ether oxygens (including phenoxy) is 1. The average molecular weight is 389 g/mol. The van der Waals surface area contributed by atoms with E-state index in [-0.39, 0.29) is 11.1 Å². The van der Waals surface area contributed by atoms with E-state index in [1.165, 1.54) is 0 Å². The summed E-state index contributed by atoms with van der Waals surface area (Å²) in [5.41, 5.74) is 5.58. The average Bonchev–Trinajstić information content (AvgIpc) is 2.80. The van der Waals surface area contributed by atoms with Gasteiger partial charge in [0.25, 0.3) is 0 Å². The van der Waals surface area contributed by atoms with Crippen LogP contribution in [0.2, 0.25) is 0 Å². The Kier molecular flexibility index (Phi) is 4.84. The van der Waals surface area contributed by atoms with Gasteiger partial charge >= 0.3 is 0 Å². The third-order valence-corrected chi connectivity index (χ3v) is 5.08. The summed E-state index contributed by atoms with van der Waals surface area (Å²) in [6, 6.07) is 13.0. The van der Waals surface area contributed by atoms with Gasteiger partial charge in [-0.15, -0.1) is 12.6 Å². The van der Waals surface area contributed by atoms with E-state index < -0.39 is 16.6 Å². The lowest BCUT2D eigenvalue weighted by Crippen LogP contribution is -2.39. The normalized spacial score (nSPS) is 29.4. The van der Waals surface area contributed by atoms with Crippen LogP contribution in [0.25, 0.3) is 0 Å². The van der Waals surface area contributed by atoms with Crippen molar-refractivity contribution in [2.75, 3.05) is 0 Å². The van der Waals surface area contributed by atoms with Gasteiger partial charge in [0.1, 0.15) is 29.5 Å². The molecule has 3 atom stereocenters. The fourth-order valence-corrected chi connectivity index (χ4v) is 3.47. The molecule has 7 heteroatoms. The van der Waals surface area contributed by atoms with Crippen molar-refractivity contribution in [1.82, 2.24) is 0 Å². The van der Waals surface area contributed by atoms with Crippen LogP contribution in [0.4, 0.5) is 0 Å². The van der Waals surface area contributed by atoms with Gasteiger partial charge in [0.15, 0.2) is 4.75 Å². The number of hydrogen-bond acceptors (Lipinski definition) is 6. The van der Waals surface area contributed by atoms with Crippen LogP contribution in [0.3, 0.4) is 0 Å². The minimum atomic E-state index is -1.55. The number of halogens is 1. The lowest BCUT2D eigenvalue weighted by atomic mass is 9.77. The molecule has 2 rings (SSSR count). The molecule has 0 spiro atoms. The Morgan fingerprint density at radius 2 is 1.87 bits per heavy atom. The van der Waals surface area contributed by atoms with Crippen molar-refractivity contribution in [3.8, 4) is 18.2 Å². The molecule has 0 radical (unpaired) electrons. The van der Waals surface area contributed by atoms with Crippen molar-refractivity contribution in [3.63, 3.8) is 0 Å². The molecule has 23 heavy (non-hydrogen) atoms. The van der Waals surface area contributed by atoms with Crippen LogP contribution in [0.1, 0.15) is 18.9 Å². The van der Waals surface area contributed by atoms with Gasteiger partial charge in [0, 0.05) is 10.0 Å². The Balaban J connectivity index is 2.85. The second-order valence-corrected chi connectivity index (χ2v) is 6.70. The molecule has 1 fully saturated rings. The van der Waals surface area contributed by atoms with Gasteiger partial charge in [-0.3, -0.25) is 0 Å². The highest BCUT2D eigenvalue weighted by Gasteiger charge is 2.59. The number of hydrogen-bond donors (Lipinski definition) is 2. The Hall–Kier alpha value is -1.82. The van der Waals surface area contributed by atoms with Crippen LogP contribution < -0.4 is 5.73 Å². The lowest BCUT2D eigenvalue weighted by molar-refractivity contribution is -0.0330. The summed E-state index contributed by atoms with van der Waals surface area (Å²) >= 11 is 7.74. The fourth-order valence-electron chi connectivity index (χ4n) is 2.86. The van der Waals surface area contributed by atoms with Gasteiger partial charge in [-0.2, -0.15) is 15.8 Å². The summed E-state index contributed by atoms with van der Waals surface area (Å²) < 4.78 is 5.25. The topological polar surface area (TPSA) is 107 Å². The summed E-state index contributed by atoms with van der Waals surface area (Å²) in [6.45, 7) is 1.85. The summed E-state index contributed by atoms with van der Waals surface area (Å²) in [7, 11) is 0. The maximum Gasteiger partial charge on any atom is 0.165 e. The number of allylic oxidation sites excluding steroid dienone is 1. The number of nitriles is 3. The van der Waals surface area contributed by atoms with Crippen molar-refractivity contribution in [2.24, 2.45) is 5.73 Å². The van der Waals surface area contributed by atoms with E-state index in [9.17, 15) is 15.8 Å². The first-order valence-corrected chi connectivity index (χ1v) is 8.02. The van der Waals surface area contributed by atoms with Crippen molar-refractivity contribution >= 4 is 28.6 Å². The molecule has 1 aliphatic rings. The summed E-state index contributed by atoms with van der Waals surface area (Å²) in [4.78, 5) is 0. The third-order valence-electron chi connectivity index (χ3n) is 3.98. The Morgan fingerprint density at radius 3 is 2.30 bits per heavy atom. The molecule has 1 aromatic carbocycles. The first-order chi connectivity index (χ1) is 10.9. The second kappa shape index (κ2) is 6.35. The zero-order valence-electron chi connectivity index (χ0n) is 12.2. The van der Waals surface area contributed by atoms with E-state index in [0.717, 1.165) is 4.47 Å². The van der Waals surface area contributed by atoms with E-state index in [1.807, 2.05) is 49.4 Å². The van der Waals surface area contributed by atoms with Crippen molar-refractivity contribution in [1.29, 1.82) is 15.8 Å². The Morgan fingerprint density at radius 1 is 1.30 bits per heavy atom. The van der Waals surface area contributed by atoms with Crippen LogP contribution in [0, 0.1) is 34.0 Å². The van der Waals surface area contributed by atoms with E-state index in [4.69, 9.17) is 10.5 Å². The summed E-state index contributed by atoms with van der Waals surface area (Å²) in [5.74, 6) is 0. The monoisotopic (exact) mass is 388 g/mol. The number of nitrogens with two attached hydrogens (primary N) is 1. The molecular formula is C16H13BrN4OS. The van der Waals surface area contributed by atoms with Crippen LogP contribution in [0.5, 0.6) is 0 Å². The molecular weight excluding hydrogens is 376 g/mol. The summed E-state index contributed by atoms with van der Waals surface area (Å²) in [5, 5.41) is 28.3. The second-order valence-electron chi connectivity index (χ2n) is 5.08. The van der Waals surface area contributed by atoms with Gasteiger partial charge in [-0.05, 0) is 24.1 Å². The molecule has 1 saturated heterocycles. The standard InChI is InChI=1S/C16H13BrN4OS/c1-2-15(11-3-5-12(17)6-4-11)13(10(7-18)8-19)16(23,9-20)14(21)22-15/h3-6,14,23H,2,21H2,1H3. The summed E-state index contributed by atoms with van der Waals surface area (Å²) in [6.07, 6.45) is -0.666. The Bertz CT molecular complexity index is 770. The van der Waals surface area contributed by atoms with Gasteiger partial charge in [0.05, 0.1) is 6.07 Å². The van der Waals surface area contributed by atoms with Gasteiger partial charge in [0.2, 0.25) is 0 Å². The zero-order valence-corrected chi connectivity index (χ0v) is 14.7. The highest BCUT2D eigenvalue weighted by molar-refractivity contribution is 9.10. The largest absolute Gasteiger partial charge is 0.345 e. The van der Waals surface area contributed by atoms with Crippen molar-refractivity contribution in [2.45, 2.75) is 29.9 Å². The van der Waals surface area contributed by atoms with Crippen LogP contribution >= 0.6 is 28.6 Å². The van der Waals surface area contributed by atoms with Crippen LogP contribution in [0.15, 0.2) is 39.9 Å². The molecule has 1 heterocycles. The molecule has 3 unspecified atom stereocenters. The molecule has 0 bridgehead atoms. The van der Waals surface area contributed by atoms with E-state index >= 15 is 0 Å². The van der Waals surface area contributed by atoms with E-state index in [1.54, 1.807) is 0 Å². The van der Waals surface area contributed by atoms with Gasteiger partial charge in [-0.25, -0.2) is 0 Å². The predicted molar refractivity (Wildman–Crippen MR) is 90.8 cm³/mol. The molecule has 1 aromatic rings. The highest BCUT2D eigenvalue weighted by Crippen LogP contribution is 2.53. The maximum absolute atomic E-state index is 9.58. The SMILES string of the molecule is CCC1(c2ccc(Br)cc2)OC(N)C(S)(C#N)C1=C(C#N)C#N. The number of thiol groups is 1. The van der Waals surface area contributed by atoms with Crippen molar-refractivity contribution in [3.05, 3.63) is 45.4 Å². The van der Waals surface area contributed by atoms with Gasteiger partial charge in [-0.1, -0.05) is 35.0 Å². The minimum absolute atomic E-state index is 0.195. The first-order valence-electron chi connectivity index (χ1n) is 6.78. The quantitative estimate of drug-likeness (QED) is 0.598. The van der Waals surface area contributed by atoms with Crippen molar-refractivity contribution < 1.29 is 4.74 Å². The molecule has 0 amide bonds. The van der Waals surface area contributed by atoms with E-state index in [2.05, 4.69) is 28.6 Å². The molecule has 0 saturated carbocycles. The molecule has 5 nitrogen and oxygen atoms in total.